The van der Waals surface area contributed by atoms with Crippen LogP contribution in [0.4, 0.5) is 11.8 Å². The van der Waals surface area contributed by atoms with Crippen LogP contribution in [-0.4, -0.2) is 67.4 Å². The topological polar surface area (TPSA) is 44.7 Å². The Hall–Kier alpha value is -2.18. The van der Waals surface area contributed by atoms with Crippen LogP contribution in [0, 0.1) is 20.8 Å². The number of nitrogens with zero attached hydrogens (tertiary/aromatic N) is 5. The summed E-state index contributed by atoms with van der Waals surface area (Å²) in [5, 5.41) is 0. The fraction of sp³-hybridized carbons (Fsp3) is 0.545. The second-order valence-corrected chi connectivity index (χ2v) is 7.96. The molecule has 0 atom stereocenters. The van der Waals surface area contributed by atoms with E-state index in [0.717, 1.165) is 76.5 Å². The van der Waals surface area contributed by atoms with Gasteiger partial charge in [-0.25, -0.2) is 4.98 Å². The van der Waals surface area contributed by atoms with Crippen molar-refractivity contribution in [2.45, 2.75) is 27.3 Å². The summed E-state index contributed by atoms with van der Waals surface area (Å²) in [6.45, 7) is 14.8. The van der Waals surface area contributed by atoms with E-state index in [9.17, 15) is 0 Å². The monoisotopic (exact) mass is 381 g/mol. The lowest BCUT2D eigenvalue weighted by molar-refractivity contribution is 0.122. The molecule has 0 aliphatic carbocycles. The second-order valence-electron chi connectivity index (χ2n) is 7.96. The molecule has 28 heavy (non-hydrogen) atoms. The second kappa shape index (κ2) is 8.45. The number of ether oxygens (including phenoxy) is 1. The van der Waals surface area contributed by atoms with Crippen LogP contribution in [0.2, 0.25) is 0 Å². The molecule has 1 aromatic carbocycles. The van der Waals surface area contributed by atoms with Crippen molar-refractivity contribution in [3.8, 4) is 0 Å². The largest absolute Gasteiger partial charge is 0.378 e. The Morgan fingerprint density at radius 1 is 0.857 bits per heavy atom. The molecule has 150 valence electrons. The van der Waals surface area contributed by atoms with Crippen molar-refractivity contribution in [3.63, 3.8) is 0 Å². The van der Waals surface area contributed by atoms with Gasteiger partial charge >= 0.3 is 0 Å². The summed E-state index contributed by atoms with van der Waals surface area (Å²) in [5.41, 5.74) is 5.19. The zero-order valence-electron chi connectivity index (χ0n) is 17.3. The Morgan fingerprint density at radius 3 is 2.36 bits per heavy atom. The number of benzene rings is 1. The SMILES string of the molecule is Cc1ccc(C)c(CN2CCN(c3nc(C)cc(N4CCOCC4)n3)CC2)c1. The molecule has 3 heterocycles. The van der Waals surface area contributed by atoms with E-state index in [1.807, 2.05) is 0 Å². The van der Waals surface area contributed by atoms with Crippen LogP contribution in [-0.2, 0) is 11.3 Å². The molecule has 0 unspecified atom stereocenters. The molecule has 0 N–H and O–H groups in total. The number of hydrogen-bond acceptors (Lipinski definition) is 6. The fourth-order valence-electron chi connectivity index (χ4n) is 3.95. The number of piperazine rings is 1. The number of hydrogen-bond donors (Lipinski definition) is 0. The van der Waals surface area contributed by atoms with Gasteiger partial charge in [0.25, 0.3) is 0 Å². The summed E-state index contributed by atoms with van der Waals surface area (Å²) in [6.07, 6.45) is 0. The van der Waals surface area contributed by atoms with Gasteiger partial charge in [-0.15, -0.1) is 0 Å². The van der Waals surface area contributed by atoms with Gasteiger partial charge in [0.1, 0.15) is 5.82 Å². The molecule has 0 spiro atoms. The zero-order valence-corrected chi connectivity index (χ0v) is 17.3. The lowest BCUT2D eigenvalue weighted by Gasteiger charge is -2.36. The Kier molecular flexibility index (Phi) is 5.78. The van der Waals surface area contributed by atoms with E-state index < -0.39 is 0 Å². The van der Waals surface area contributed by atoms with Crippen molar-refractivity contribution in [3.05, 3.63) is 46.6 Å². The van der Waals surface area contributed by atoms with Crippen LogP contribution in [0.3, 0.4) is 0 Å². The minimum Gasteiger partial charge on any atom is -0.378 e. The maximum atomic E-state index is 5.47. The van der Waals surface area contributed by atoms with E-state index in [4.69, 9.17) is 14.7 Å². The number of morpholine rings is 1. The van der Waals surface area contributed by atoms with Gasteiger partial charge < -0.3 is 14.5 Å². The smallest absolute Gasteiger partial charge is 0.227 e. The van der Waals surface area contributed by atoms with Crippen molar-refractivity contribution in [2.24, 2.45) is 0 Å². The molecule has 2 aliphatic rings. The average Bonchev–Trinajstić information content (AvgIpc) is 2.71. The normalized spacial score (nSPS) is 18.5. The first-order valence-corrected chi connectivity index (χ1v) is 10.3. The quantitative estimate of drug-likeness (QED) is 0.811. The summed E-state index contributed by atoms with van der Waals surface area (Å²) in [7, 11) is 0. The molecule has 6 heteroatoms. The first kappa shape index (κ1) is 19.2. The third-order valence-electron chi connectivity index (χ3n) is 5.72. The maximum Gasteiger partial charge on any atom is 0.227 e. The predicted molar refractivity (Wildman–Crippen MR) is 113 cm³/mol. The molecule has 0 saturated carbocycles. The van der Waals surface area contributed by atoms with E-state index in [0.29, 0.717) is 0 Å². The van der Waals surface area contributed by atoms with E-state index in [1.165, 1.54) is 16.7 Å². The molecule has 4 rings (SSSR count). The third-order valence-corrected chi connectivity index (χ3v) is 5.72. The summed E-state index contributed by atoms with van der Waals surface area (Å²) < 4.78 is 5.47. The molecule has 0 radical (unpaired) electrons. The summed E-state index contributed by atoms with van der Waals surface area (Å²) in [6, 6.07) is 8.83. The molecule has 2 aliphatic heterocycles. The van der Waals surface area contributed by atoms with Crippen molar-refractivity contribution in [1.29, 1.82) is 0 Å². The highest BCUT2D eigenvalue weighted by Gasteiger charge is 2.21. The van der Waals surface area contributed by atoms with Crippen LogP contribution in [0.1, 0.15) is 22.4 Å². The van der Waals surface area contributed by atoms with Gasteiger partial charge in [-0.2, -0.15) is 4.98 Å². The van der Waals surface area contributed by atoms with Gasteiger partial charge in [0.2, 0.25) is 5.95 Å². The number of aryl methyl sites for hydroxylation is 3. The van der Waals surface area contributed by atoms with Gasteiger partial charge in [0, 0.05) is 57.6 Å². The number of aromatic nitrogens is 2. The van der Waals surface area contributed by atoms with Crippen LogP contribution in [0.25, 0.3) is 0 Å². The molecule has 2 aromatic rings. The van der Waals surface area contributed by atoms with Crippen LogP contribution < -0.4 is 9.80 Å². The summed E-state index contributed by atoms with van der Waals surface area (Å²) >= 11 is 0. The molecular formula is C22H31N5O. The van der Waals surface area contributed by atoms with Crippen molar-refractivity contribution in [1.82, 2.24) is 14.9 Å². The predicted octanol–water partition coefficient (Wildman–Crippen LogP) is 2.56. The first-order chi connectivity index (χ1) is 13.6. The van der Waals surface area contributed by atoms with Gasteiger partial charge in [-0.1, -0.05) is 23.8 Å². The lowest BCUT2D eigenvalue weighted by Crippen LogP contribution is -2.47. The minimum absolute atomic E-state index is 0.773. The average molecular weight is 382 g/mol. The Balaban J connectivity index is 1.40. The van der Waals surface area contributed by atoms with E-state index in [1.54, 1.807) is 0 Å². The summed E-state index contributed by atoms with van der Waals surface area (Å²) in [5.74, 6) is 1.90. The number of rotatable bonds is 4. The first-order valence-electron chi connectivity index (χ1n) is 10.3. The summed E-state index contributed by atoms with van der Waals surface area (Å²) in [4.78, 5) is 16.8. The highest BCUT2D eigenvalue weighted by atomic mass is 16.5. The van der Waals surface area contributed by atoms with Crippen LogP contribution in [0.5, 0.6) is 0 Å². The Labute approximate surface area is 168 Å². The van der Waals surface area contributed by atoms with E-state index >= 15 is 0 Å². The molecule has 6 nitrogen and oxygen atoms in total. The molecule has 0 amide bonds. The maximum absolute atomic E-state index is 5.47. The molecule has 2 saturated heterocycles. The van der Waals surface area contributed by atoms with Crippen LogP contribution in [0.15, 0.2) is 24.3 Å². The van der Waals surface area contributed by atoms with Crippen LogP contribution >= 0.6 is 0 Å². The molecule has 1 aromatic heterocycles. The van der Waals surface area contributed by atoms with Gasteiger partial charge in [-0.3, -0.25) is 4.90 Å². The van der Waals surface area contributed by atoms with Gasteiger partial charge in [0.15, 0.2) is 0 Å². The third kappa shape index (κ3) is 4.45. The van der Waals surface area contributed by atoms with Crippen molar-refractivity contribution in [2.75, 3.05) is 62.3 Å². The lowest BCUT2D eigenvalue weighted by atomic mass is 10.0. The van der Waals surface area contributed by atoms with E-state index in [-0.39, 0.29) is 0 Å². The van der Waals surface area contributed by atoms with Crippen molar-refractivity contribution < 1.29 is 4.74 Å². The highest BCUT2D eigenvalue weighted by Crippen LogP contribution is 2.21. The fourth-order valence-corrected chi connectivity index (χ4v) is 3.95. The highest BCUT2D eigenvalue weighted by molar-refractivity contribution is 5.46. The Morgan fingerprint density at radius 2 is 1.61 bits per heavy atom. The molecule has 0 bridgehead atoms. The number of anilines is 2. The molecule has 2 fully saturated rings. The molecular weight excluding hydrogens is 350 g/mol. The van der Waals surface area contributed by atoms with Crippen molar-refractivity contribution >= 4 is 11.8 Å². The van der Waals surface area contributed by atoms with Gasteiger partial charge in [0.05, 0.1) is 13.2 Å². The zero-order chi connectivity index (χ0) is 19.5. The standard InChI is InChI=1S/C22H31N5O/c1-17-4-5-18(2)20(14-17)16-25-6-8-27(9-7-25)22-23-19(3)15-21(24-22)26-10-12-28-13-11-26/h4-5,14-15H,6-13,16H2,1-3H3. The van der Waals surface area contributed by atoms with E-state index in [2.05, 4.69) is 59.7 Å². The van der Waals surface area contributed by atoms with Gasteiger partial charge in [-0.05, 0) is 31.9 Å². The Bertz CT molecular complexity index is 811. The minimum atomic E-state index is 0.773.